The Morgan fingerprint density at radius 3 is 2.70 bits per heavy atom. The number of nitrogens with zero attached hydrogens (tertiary/aromatic N) is 3. The molecule has 1 N–H and O–H groups in total. The van der Waals surface area contributed by atoms with Gasteiger partial charge in [-0.15, -0.1) is 5.10 Å². The van der Waals surface area contributed by atoms with Crippen molar-refractivity contribution in [1.29, 1.82) is 0 Å². The fourth-order valence-electron chi connectivity index (χ4n) is 2.29. The fraction of sp³-hybridized carbons (Fsp3) is 0.188. The Kier molecular flexibility index (Phi) is 3.84. The molecular formula is C16H16N4O3. The monoisotopic (exact) mass is 312 g/mol. The summed E-state index contributed by atoms with van der Waals surface area (Å²) in [6, 6.07) is 9.36. The molecule has 3 rings (SSSR count). The Balaban J connectivity index is 2.04. The van der Waals surface area contributed by atoms with E-state index < -0.39 is 0 Å². The number of benzene rings is 1. The first-order chi connectivity index (χ1) is 11.1. The fourth-order valence-corrected chi connectivity index (χ4v) is 2.29. The van der Waals surface area contributed by atoms with Crippen LogP contribution in [0.4, 0.5) is 5.95 Å². The topological polar surface area (TPSA) is 77.8 Å². The quantitative estimate of drug-likeness (QED) is 0.800. The molecule has 0 saturated heterocycles. The number of aromatic nitrogens is 3. The lowest BCUT2D eigenvalue weighted by Crippen LogP contribution is -2.07. The third-order valence-corrected chi connectivity index (χ3v) is 3.34. The molecule has 7 heteroatoms. The summed E-state index contributed by atoms with van der Waals surface area (Å²) in [4.78, 5) is 15.3. The molecule has 0 unspecified atom stereocenters. The number of carbonyl (C=O) groups excluding carboxylic acids is 1. The van der Waals surface area contributed by atoms with Crippen LogP contribution in [0.15, 0.2) is 36.5 Å². The summed E-state index contributed by atoms with van der Waals surface area (Å²) < 4.78 is 12.3. The molecule has 7 nitrogen and oxygen atoms in total. The third-order valence-electron chi connectivity index (χ3n) is 3.34. The van der Waals surface area contributed by atoms with Crippen LogP contribution in [-0.2, 0) is 4.79 Å². The lowest BCUT2D eigenvalue weighted by molar-refractivity contribution is -0.114. The zero-order chi connectivity index (χ0) is 16.4. The van der Waals surface area contributed by atoms with Crippen LogP contribution in [0, 0.1) is 0 Å². The van der Waals surface area contributed by atoms with Gasteiger partial charge in [0.2, 0.25) is 11.9 Å². The maximum absolute atomic E-state index is 11.1. The van der Waals surface area contributed by atoms with E-state index in [9.17, 15) is 4.79 Å². The normalized spacial score (nSPS) is 10.6. The SMILES string of the molecule is COc1ccc(-c2ccc3nc(NC(C)=O)nn3c2)c(OC)c1. The second-order valence-electron chi connectivity index (χ2n) is 4.90. The van der Waals surface area contributed by atoms with Gasteiger partial charge >= 0.3 is 0 Å². The minimum absolute atomic E-state index is 0.210. The maximum Gasteiger partial charge on any atom is 0.249 e. The van der Waals surface area contributed by atoms with E-state index >= 15 is 0 Å². The van der Waals surface area contributed by atoms with Gasteiger partial charge in [0.15, 0.2) is 5.65 Å². The zero-order valence-corrected chi connectivity index (χ0v) is 13.0. The second kappa shape index (κ2) is 5.96. The van der Waals surface area contributed by atoms with Gasteiger partial charge in [0.1, 0.15) is 11.5 Å². The summed E-state index contributed by atoms with van der Waals surface area (Å²) in [5.41, 5.74) is 2.47. The Morgan fingerprint density at radius 1 is 1.17 bits per heavy atom. The summed E-state index contributed by atoms with van der Waals surface area (Å²) in [5.74, 6) is 1.49. The predicted octanol–water partition coefficient (Wildman–Crippen LogP) is 2.37. The molecule has 2 aromatic heterocycles. The highest BCUT2D eigenvalue weighted by Crippen LogP contribution is 2.33. The van der Waals surface area contributed by atoms with Gasteiger partial charge in [-0.25, -0.2) is 4.52 Å². The number of carbonyl (C=O) groups is 1. The van der Waals surface area contributed by atoms with E-state index in [2.05, 4.69) is 15.4 Å². The van der Waals surface area contributed by atoms with E-state index in [1.54, 1.807) is 18.7 Å². The largest absolute Gasteiger partial charge is 0.497 e. The molecule has 0 radical (unpaired) electrons. The molecule has 118 valence electrons. The highest BCUT2D eigenvalue weighted by Gasteiger charge is 2.10. The van der Waals surface area contributed by atoms with E-state index in [0.29, 0.717) is 11.4 Å². The maximum atomic E-state index is 11.1. The molecule has 2 heterocycles. The number of ether oxygens (including phenoxy) is 2. The average Bonchev–Trinajstić information content (AvgIpc) is 2.94. The Hall–Kier alpha value is -3.09. The van der Waals surface area contributed by atoms with Crippen LogP contribution >= 0.6 is 0 Å². The van der Waals surface area contributed by atoms with Gasteiger partial charge in [-0.3, -0.25) is 10.1 Å². The van der Waals surface area contributed by atoms with Crippen LogP contribution in [-0.4, -0.2) is 34.7 Å². The van der Waals surface area contributed by atoms with Crippen molar-refractivity contribution in [3.63, 3.8) is 0 Å². The minimum atomic E-state index is -0.210. The summed E-state index contributed by atoms with van der Waals surface area (Å²) in [6.07, 6.45) is 1.83. The minimum Gasteiger partial charge on any atom is -0.497 e. The van der Waals surface area contributed by atoms with Crippen molar-refractivity contribution in [3.8, 4) is 22.6 Å². The highest BCUT2D eigenvalue weighted by atomic mass is 16.5. The number of rotatable bonds is 4. The molecule has 0 aliphatic heterocycles. The second-order valence-corrected chi connectivity index (χ2v) is 4.90. The Morgan fingerprint density at radius 2 is 2.00 bits per heavy atom. The van der Waals surface area contributed by atoms with E-state index in [0.717, 1.165) is 16.9 Å². The first-order valence-electron chi connectivity index (χ1n) is 6.97. The summed E-state index contributed by atoms with van der Waals surface area (Å²) in [5, 5.41) is 6.80. The molecule has 0 bridgehead atoms. The summed E-state index contributed by atoms with van der Waals surface area (Å²) in [7, 11) is 3.22. The van der Waals surface area contributed by atoms with Crippen LogP contribution in [0.2, 0.25) is 0 Å². The van der Waals surface area contributed by atoms with Crippen LogP contribution in [0.3, 0.4) is 0 Å². The average molecular weight is 312 g/mol. The molecule has 0 fully saturated rings. The van der Waals surface area contributed by atoms with E-state index in [1.807, 2.05) is 36.5 Å². The zero-order valence-electron chi connectivity index (χ0n) is 13.0. The van der Waals surface area contributed by atoms with Crippen molar-refractivity contribution in [2.75, 3.05) is 19.5 Å². The Labute approximate surface area is 132 Å². The van der Waals surface area contributed by atoms with E-state index in [4.69, 9.17) is 9.47 Å². The van der Waals surface area contributed by atoms with E-state index in [-0.39, 0.29) is 11.9 Å². The number of methoxy groups -OCH3 is 2. The van der Waals surface area contributed by atoms with Crippen molar-refractivity contribution in [2.45, 2.75) is 6.92 Å². The molecular weight excluding hydrogens is 296 g/mol. The first-order valence-corrected chi connectivity index (χ1v) is 6.97. The number of fused-ring (bicyclic) bond motifs is 1. The molecule has 0 aliphatic rings. The summed E-state index contributed by atoms with van der Waals surface area (Å²) in [6.45, 7) is 1.42. The van der Waals surface area contributed by atoms with Crippen molar-refractivity contribution < 1.29 is 14.3 Å². The lowest BCUT2D eigenvalue weighted by Gasteiger charge is -2.10. The van der Waals surface area contributed by atoms with E-state index in [1.165, 1.54) is 6.92 Å². The number of hydrogen-bond acceptors (Lipinski definition) is 5. The molecule has 0 saturated carbocycles. The first kappa shape index (κ1) is 14.8. The molecule has 1 amide bonds. The van der Waals surface area contributed by atoms with Gasteiger partial charge in [-0.05, 0) is 24.3 Å². The predicted molar refractivity (Wildman–Crippen MR) is 85.8 cm³/mol. The smallest absolute Gasteiger partial charge is 0.249 e. The number of anilines is 1. The molecule has 3 aromatic rings. The molecule has 0 aliphatic carbocycles. The van der Waals surface area contributed by atoms with Crippen molar-refractivity contribution in [1.82, 2.24) is 14.6 Å². The summed E-state index contributed by atoms with van der Waals surface area (Å²) >= 11 is 0. The van der Waals surface area contributed by atoms with Gasteiger partial charge in [0, 0.05) is 30.3 Å². The molecule has 1 aromatic carbocycles. The van der Waals surface area contributed by atoms with Gasteiger partial charge in [0.05, 0.1) is 14.2 Å². The molecule has 0 spiro atoms. The lowest BCUT2D eigenvalue weighted by atomic mass is 10.1. The van der Waals surface area contributed by atoms with Gasteiger partial charge in [-0.1, -0.05) is 0 Å². The van der Waals surface area contributed by atoms with Crippen molar-refractivity contribution >= 4 is 17.5 Å². The third kappa shape index (κ3) is 2.94. The van der Waals surface area contributed by atoms with Gasteiger partial charge in [0.25, 0.3) is 0 Å². The van der Waals surface area contributed by atoms with Crippen molar-refractivity contribution in [3.05, 3.63) is 36.5 Å². The van der Waals surface area contributed by atoms with Gasteiger partial charge < -0.3 is 9.47 Å². The van der Waals surface area contributed by atoms with Crippen molar-refractivity contribution in [2.24, 2.45) is 0 Å². The number of hydrogen-bond donors (Lipinski definition) is 1. The van der Waals surface area contributed by atoms with Crippen LogP contribution in [0.1, 0.15) is 6.92 Å². The van der Waals surface area contributed by atoms with Crippen LogP contribution < -0.4 is 14.8 Å². The van der Waals surface area contributed by atoms with Gasteiger partial charge in [-0.2, -0.15) is 4.98 Å². The Bertz CT molecular complexity index is 873. The standard InChI is InChI=1S/C16H16N4O3/c1-10(21)17-16-18-15-7-4-11(9-20(15)19-16)13-6-5-12(22-2)8-14(13)23-3/h4-9H,1-3H3,(H,17,19,21). The highest BCUT2D eigenvalue weighted by molar-refractivity contribution is 5.86. The van der Waals surface area contributed by atoms with Crippen LogP contribution in [0.5, 0.6) is 11.5 Å². The molecule has 23 heavy (non-hydrogen) atoms. The number of nitrogens with one attached hydrogen (secondary N) is 1. The molecule has 0 atom stereocenters. The number of pyridine rings is 1. The van der Waals surface area contributed by atoms with Crippen LogP contribution in [0.25, 0.3) is 16.8 Å². The number of amides is 1.